The summed E-state index contributed by atoms with van der Waals surface area (Å²) < 4.78 is 11.4. The fraction of sp³-hybridized carbons (Fsp3) is 0.429. The van der Waals surface area contributed by atoms with Crippen LogP contribution >= 0.6 is 0 Å². The van der Waals surface area contributed by atoms with Gasteiger partial charge in [-0.3, -0.25) is 0 Å². The SMILES string of the molecule is C=C[C@@H]1CC[C@@H](OCc2ccccc2)CO1. The lowest BCUT2D eigenvalue weighted by molar-refractivity contribution is -0.0769. The maximum absolute atomic E-state index is 5.80. The Hall–Kier alpha value is -1.12. The summed E-state index contributed by atoms with van der Waals surface area (Å²) in [4.78, 5) is 0. The van der Waals surface area contributed by atoms with Crippen LogP contribution < -0.4 is 0 Å². The zero-order valence-corrected chi connectivity index (χ0v) is 9.47. The largest absolute Gasteiger partial charge is 0.371 e. The van der Waals surface area contributed by atoms with Crippen molar-refractivity contribution >= 4 is 0 Å². The van der Waals surface area contributed by atoms with E-state index in [0.29, 0.717) is 13.2 Å². The highest BCUT2D eigenvalue weighted by Crippen LogP contribution is 2.17. The van der Waals surface area contributed by atoms with Gasteiger partial charge < -0.3 is 9.47 Å². The van der Waals surface area contributed by atoms with E-state index in [4.69, 9.17) is 9.47 Å². The minimum Gasteiger partial charge on any atom is -0.371 e. The molecule has 2 heteroatoms. The van der Waals surface area contributed by atoms with Gasteiger partial charge in [0.1, 0.15) is 0 Å². The Bertz CT molecular complexity index is 313. The molecule has 2 rings (SSSR count). The summed E-state index contributed by atoms with van der Waals surface area (Å²) in [6.45, 7) is 5.10. The summed E-state index contributed by atoms with van der Waals surface area (Å²) in [5, 5.41) is 0. The normalized spacial score (nSPS) is 25.2. The smallest absolute Gasteiger partial charge is 0.0814 e. The number of hydrogen-bond acceptors (Lipinski definition) is 2. The molecule has 2 atom stereocenters. The number of rotatable bonds is 4. The molecule has 0 aliphatic carbocycles. The number of ether oxygens (including phenoxy) is 2. The first kappa shape index (κ1) is 11.4. The molecular formula is C14H18O2. The minimum atomic E-state index is 0.219. The average molecular weight is 218 g/mol. The molecule has 0 amide bonds. The van der Waals surface area contributed by atoms with Gasteiger partial charge >= 0.3 is 0 Å². The highest BCUT2D eigenvalue weighted by molar-refractivity contribution is 5.13. The van der Waals surface area contributed by atoms with E-state index in [9.17, 15) is 0 Å². The van der Waals surface area contributed by atoms with Crippen LogP contribution in [-0.4, -0.2) is 18.8 Å². The van der Waals surface area contributed by atoms with E-state index in [1.54, 1.807) is 0 Å². The number of hydrogen-bond donors (Lipinski definition) is 0. The van der Waals surface area contributed by atoms with Gasteiger partial charge in [0.25, 0.3) is 0 Å². The third kappa shape index (κ3) is 3.19. The monoisotopic (exact) mass is 218 g/mol. The first-order valence-corrected chi connectivity index (χ1v) is 5.78. The van der Waals surface area contributed by atoms with Gasteiger partial charge in [-0.05, 0) is 18.4 Å². The van der Waals surface area contributed by atoms with Gasteiger partial charge in [0.05, 0.1) is 25.4 Å². The third-order valence-corrected chi connectivity index (χ3v) is 2.86. The van der Waals surface area contributed by atoms with Gasteiger partial charge in [-0.15, -0.1) is 6.58 Å². The summed E-state index contributed by atoms with van der Waals surface area (Å²) in [6.07, 6.45) is 4.40. The molecule has 16 heavy (non-hydrogen) atoms. The van der Waals surface area contributed by atoms with Crippen LogP contribution in [0.3, 0.4) is 0 Å². The van der Waals surface area contributed by atoms with Crippen molar-refractivity contribution in [2.45, 2.75) is 31.7 Å². The van der Waals surface area contributed by atoms with E-state index in [-0.39, 0.29) is 12.2 Å². The van der Waals surface area contributed by atoms with Crippen LogP contribution in [0.1, 0.15) is 18.4 Å². The van der Waals surface area contributed by atoms with E-state index in [2.05, 4.69) is 18.7 Å². The molecule has 1 saturated heterocycles. The van der Waals surface area contributed by atoms with Crippen LogP contribution in [0, 0.1) is 0 Å². The Morgan fingerprint density at radius 2 is 2.12 bits per heavy atom. The maximum Gasteiger partial charge on any atom is 0.0814 e. The summed E-state index contributed by atoms with van der Waals surface area (Å²) in [7, 11) is 0. The second-order valence-corrected chi connectivity index (χ2v) is 4.10. The van der Waals surface area contributed by atoms with Crippen LogP contribution in [0.25, 0.3) is 0 Å². The standard InChI is InChI=1S/C14H18O2/c1-2-13-8-9-14(11-16-13)15-10-12-6-4-3-5-7-12/h2-7,13-14H,1,8-11H2/t13-,14-/m1/s1. The van der Waals surface area contributed by atoms with E-state index >= 15 is 0 Å². The molecule has 0 saturated carbocycles. The molecule has 1 aromatic rings. The van der Waals surface area contributed by atoms with Gasteiger partial charge in [0.15, 0.2) is 0 Å². The van der Waals surface area contributed by atoms with Crippen molar-refractivity contribution < 1.29 is 9.47 Å². The van der Waals surface area contributed by atoms with Crippen LogP contribution in [0.2, 0.25) is 0 Å². The molecule has 0 unspecified atom stereocenters. The summed E-state index contributed by atoms with van der Waals surface area (Å²) in [5.74, 6) is 0. The quantitative estimate of drug-likeness (QED) is 0.723. The van der Waals surface area contributed by atoms with Gasteiger partial charge in [-0.1, -0.05) is 36.4 Å². The van der Waals surface area contributed by atoms with Crippen molar-refractivity contribution in [3.05, 3.63) is 48.6 Å². The minimum absolute atomic E-state index is 0.219. The van der Waals surface area contributed by atoms with Crippen LogP contribution in [0.5, 0.6) is 0 Å². The third-order valence-electron chi connectivity index (χ3n) is 2.86. The summed E-state index contributed by atoms with van der Waals surface area (Å²) >= 11 is 0. The van der Waals surface area contributed by atoms with Crippen molar-refractivity contribution in [1.82, 2.24) is 0 Å². The molecule has 0 N–H and O–H groups in total. The van der Waals surface area contributed by atoms with Gasteiger partial charge in [0, 0.05) is 0 Å². The Morgan fingerprint density at radius 3 is 2.75 bits per heavy atom. The van der Waals surface area contributed by atoms with Crippen molar-refractivity contribution in [1.29, 1.82) is 0 Å². The molecule has 2 nitrogen and oxygen atoms in total. The summed E-state index contributed by atoms with van der Waals surface area (Å²) in [6, 6.07) is 10.2. The van der Waals surface area contributed by atoms with Crippen LogP contribution in [0.15, 0.2) is 43.0 Å². The lowest BCUT2D eigenvalue weighted by atomic mass is 10.1. The zero-order chi connectivity index (χ0) is 11.2. The predicted molar refractivity (Wildman–Crippen MR) is 64.2 cm³/mol. The van der Waals surface area contributed by atoms with Crippen LogP contribution in [0.4, 0.5) is 0 Å². The highest BCUT2D eigenvalue weighted by Gasteiger charge is 2.19. The molecule has 86 valence electrons. The van der Waals surface area contributed by atoms with Crippen molar-refractivity contribution in [2.75, 3.05) is 6.61 Å². The lowest BCUT2D eigenvalue weighted by Gasteiger charge is -2.27. The van der Waals surface area contributed by atoms with Crippen molar-refractivity contribution in [3.8, 4) is 0 Å². The lowest BCUT2D eigenvalue weighted by Crippen LogP contribution is -2.30. The molecule has 1 aliphatic heterocycles. The fourth-order valence-electron chi connectivity index (χ4n) is 1.85. The Balaban J connectivity index is 1.73. The first-order valence-electron chi connectivity index (χ1n) is 5.78. The van der Waals surface area contributed by atoms with Crippen LogP contribution in [-0.2, 0) is 16.1 Å². The first-order chi connectivity index (χ1) is 7.88. The molecule has 0 aromatic heterocycles. The molecule has 1 fully saturated rings. The fourth-order valence-corrected chi connectivity index (χ4v) is 1.85. The molecule has 1 aromatic carbocycles. The van der Waals surface area contributed by atoms with E-state index in [1.807, 2.05) is 24.3 Å². The van der Waals surface area contributed by atoms with Gasteiger partial charge in [-0.25, -0.2) is 0 Å². The van der Waals surface area contributed by atoms with Crippen molar-refractivity contribution in [3.63, 3.8) is 0 Å². The number of benzene rings is 1. The van der Waals surface area contributed by atoms with Gasteiger partial charge in [-0.2, -0.15) is 0 Å². The molecule has 0 radical (unpaired) electrons. The van der Waals surface area contributed by atoms with E-state index in [0.717, 1.165) is 12.8 Å². The predicted octanol–water partition coefficient (Wildman–Crippen LogP) is 2.94. The van der Waals surface area contributed by atoms with E-state index in [1.165, 1.54) is 5.56 Å². The Kier molecular flexibility index (Phi) is 4.14. The Morgan fingerprint density at radius 1 is 1.31 bits per heavy atom. The van der Waals surface area contributed by atoms with Crippen molar-refractivity contribution in [2.24, 2.45) is 0 Å². The highest BCUT2D eigenvalue weighted by atomic mass is 16.5. The van der Waals surface area contributed by atoms with E-state index < -0.39 is 0 Å². The summed E-state index contributed by atoms with van der Waals surface area (Å²) in [5.41, 5.74) is 1.22. The zero-order valence-electron chi connectivity index (χ0n) is 9.47. The van der Waals surface area contributed by atoms with Gasteiger partial charge in [0.2, 0.25) is 0 Å². The maximum atomic E-state index is 5.80. The second kappa shape index (κ2) is 5.83. The second-order valence-electron chi connectivity index (χ2n) is 4.10. The molecular weight excluding hydrogens is 200 g/mol. The molecule has 0 bridgehead atoms. The molecule has 0 spiro atoms. The molecule has 1 heterocycles. The molecule has 1 aliphatic rings. The topological polar surface area (TPSA) is 18.5 Å². The average Bonchev–Trinajstić information content (AvgIpc) is 2.38. The Labute approximate surface area is 96.9 Å².